The number of hydrogen-bond donors (Lipinski definition) is 1. The second-order valence-electron chi connectivity index (χ2n) is 5.87. The lowest BCUT2D eigenvalue weighted by Crippen LogP contribution is -2.34. The fourth-order valence-electron chi connectivity index (χ4n) is 2.64. The molecule has 1 aliphatic carbocycles. The van der Waals surface area contributed by atoms with Crippen molar-refractivity contribution in [2.45, 2.75) is 46.1 Å². The van der Waals surface area contributed by atoms with E-state index in [-0.39, 0.29) is 5.91 Å². The highest BCUT2D eigenvalue weighted by Crippen LogP contribution is 2.36. The molecular weight excluding hydrogens is 214 g/mol. The van der Waals surface area contributed by atoms with Crippen molar-refractivity contribution in [2.75, 3.05) is 0 Å². The van der Waals surface area contributed by atoms with E-state index in [4.69, 9.17) is 0 Å². The topological polar surface area (TPSA) is 46.9 Å². The van der Waals surface area contributed by atoms with Gasteiger partial charge in [0.15, 0.2) is 0 Å². The van der Waals surface area contributed by atoms with Crippen LogP contribution in [0.3, 0.4) is 0 Å². The van der Waals surface area contributed by atoms with Gasteiger partial charge < -0.3 is 5.32 Å². The molecule has 1 saturated carbocycles. The van der Waals surface area contributed by atoms with E-state index >= 15 is 0 Å². The number of rotatable bonds is 2. The van der Waals surface area contributed by atoms with Crippen LogP contribution in [-0.2, 0) is 7.05 Å². The number of carbonyl (C=O) groups is 1. The Morgan fingerprint density at radius 3 is 2.76 bits per heavy atom. The van der Waals surface area contributed by atoms with Crippen LogP contribution in [0.2, 0.25) is 0 Å². The minimum Gasteiger partial charge on any atom is -0.348 e. The van der Waals surface area contributed by atoms with Crippen molar-refractivity contribution in [3.63, 3.8) is 0 Å². The van der Waals surface area contributed by atoms with Crippen LogP contribution in [0, 0.1) is 12.3 Å². The number of nitrogens with zero attached hydrogens (tertiary/aromatic N) is 2. The third-order valence-corrected chi connectivity index (χ3v) is 3.54. The number of aromatic nitrogens is 2. The van der Waals surface area contributed by atoms with Gasteiger partial charge in [0.05, 0.1) is 5.69 Å². The SMILES string of the molecule is Cc1cc(C(=O)NC2CCC(C)(C)C2)n(C)n1. The molecule has 0 aliphatic heterocycles. The molecule has 1 unspecified atom stereocenters. The molecule has 94 valence electrons. The zero-order valence-electron chi connectivity index (χ0n) is 11.1. The summed E-state index contributed by atoms with van der Waals surface area (Å²) >= 11 is 0. The van der Waals surface area contributed by atoms with Crippen LogP contribution in [0.15, 0.2) is 6.07 Å². The average Bonchev–Trinajstić information content (AvgIpc) is 2.69. The van der Waals surface area contributed by atoms with Crippen molar-refractivity contribution in [1.82, 2.24) is 15.1 Å². The largest absolute Gasteiger partial charge is 0.348 e. The Morgan fingerprint density at radius 1 is 1.59 bits per heavy atom. The normalized spacial score (nSPS) is 22.7. The summed E-state index contributed by atoms with van der Waals surface area (Å²) in [6, 6.07) is 2.14. The molecule has 2 rings (SSSR count). The lowest BCUT2D eigenvalue weighted by Gasteiger charge is -2.17. The molecule has 1 aromatic heterocycles. The molecular formula is C13H21N3O. The van der Waals surface area contributed by atoms with Crippen molar-refractivity contribution in [2.24, 2.45) is 12.5 Å². The van der Waals surface area contributed by atoms with Gasteiger partial charge in [0.1, 0.15) is 5.69 Å². The first-order chi connectivity index (χ1) is 7.87. The summed E-state index contributed by atoms with van der Waals surface area (Å²) < 4.78 is 1.64. The summed E-state index contributed by atoms with van der Waals surface area (Å²) in [5.74, 6) is -0.00389. The quantitative estimate of drug-likeness (QED) is 0.852. The molecule has 1 fully saturated rings. The van der Waals surface area contributed by atoms with Crippen molar-refractivity contribution in [3.05, 3.63) is 17.5 Å². The smallest absolute Gasteiger partial charge is 0.269 e. The third kappa shape index (κ3) is 2.68. The molecule has 1 aromatic rings. The second-order valence-corrected chi connectivity index (χ2v) is 5.87. The van der Waals surface area contributed by atoms with Gasteiger partial charge in [0.2, 0.25) is 0 Å². The minimum atomic E-state index is -0.00389. The lowest BCUT2D eigenvalue weighted by molar-refractivity contribution is 0.0926. The van der Waals surface area contributed by atoms with E-state index in [2.05, 4.69) is 24.3 Å². The van der Waals surface area contributed by atoms with Crippen LogP contribution in [0.25, 0.3) is 0 Å². The van der Waals surface area contributed by atoms with Gasteiger partial charge in [-0.3, -0.25) is 9.48 Å². The Morgan fingerprint density at radius 2 is 2.29 bits per heavy atom. The Bertz CT molecular complexity index is 434. The second kappa shape index (κ2) is 4.17. The first-order valence-electron chi connectivity index (χ1n) is 6.19. The molecule has 4 heteroatoms. The molecule has 17 heavy (non-hydrogen) atoms. The minimum absolute atomic E-state index is 0.00389. The standard InChI is InChI=1S/C13H21N3O/c1-9-7-11(16(4)15-9)12(17)14-10-5-6-13(2,3)8-10/h7,10H,5-6,8H2,1-4H3,(H,14,17). The predicted molar refractivity (Wildman–Crippen MR) is 66.8 cm³/mol. The number of aryl methyl sites for hydroxylation is 2. The predicted octanol–water partition coefficient (Wildman–Crippen LogP) is 2.04. The molecule has 1 amide bonds. The van der Waals surface area contributed by atoms with Crippen molar-refractivity contribution >= 4 is 5.91 Å². The van der Waals surface area contributed by atoms with Gasteiger partial charge in [0, 0.05) is 13.1 Å². The van der Waals surface area contributed by atoms with Crippen LogP contribution < -0.4 is 5.32 Å². The van der Waals surface area contributed by atoms with Gasteiger partial charge >= 0.3 is 0 Å². The Hall–Kier alpha value is -1.32. The fraction of sp³-hybridized carbons (Fsp3) is 0.692. The van der Waals surface area contributed by atoms with Crippen molar-refractivity contribution in [1.29, 1.82) is 0 Å². The highest BCUT2D eigenvalue weighted by Gasteiger charge is 2.32. The summed E-state index contributed by atoms with van der Waals surface area (Å²) in [4.78, 5) is 12.1. The Labute approximate surface area is 102 Å². The van der Waals surface area contributed by atoms with E-state index in [1.807, 2.05) is 13.0 Å². The number of hydrogen-bond acceptors (Lipinski definition) is 2. The van der Waals surface area contributed by atoms with E-state index in [0.29, 0.717) is 17.2 Å². The first-order valence-corrected chi connectivity index (χ1v) is 6.19. The molecule has 4 nitrogen and oxygen atoms in total. The molecule has 0 aromatic carbocycles. The number of carbonyl (C=O) groups excluding carboxylic acids is 1. The van der Waals surface area contributed by atoms with Crippen LogP contribution >= 0.6 is 0 Å². The number of amides is 1. The van der Waals surface area contributed by atoms with Crippen LogP contribution in [0.1, 0.15) is 49.3 Å². The highest BCUT2D eigenvalue weighted by molar-refractivity contribution is 5.92. The third-order valence-electron chi connectivity index (χ3n) is 3.54. The van der Waals surface area contributed by atoms with E-state index in [1.165, 1.54) is 6.42 Å². The van der Waals surface area contributed by atoms with E-state index in [9.17, 15) is 4.79 Å². The van der Waals surface area contributed by atoms with Crippen molar-refractivity contribution in [3.8, 4) is 0 Å². The zero-order chi connectivity index (χ0) is 12.6. The monoisotopic (exact) mass is 235 g/mol. The van der Waals surface area contributed by atoms with Gasteiger partial charge in [-0.1, -0.05) is 13.8 Å². The molecule has 1 heterocycles. The number of nitrogens with one attached hydrogen (secondary N) is 1. The van der Waals surface area contributed by atoms with Crippen molar-refractivity contribution < 1.29 is 4.79 Å². The molecule has 0 saturated heterocycles. The average molecular weight is 235 g/mol. The summed E-state index contributed by atoms with van der Waals surface area (Å²) in [5.41, 5.74) is 1.89. The molecule has 1 aliphatic rings. The molecule has 1 atom stereocenters. The molecule has 0 bridgehead atoms. The maximum absolute atomic E-state index is 12.1. The highest BCUT2D eigenvalue weighted by atomic mass is 16.2. The van der Waals surface area contributed by atoms with E-state index in [1.54, 1.807) is 11.7 Å². The first kappa shape index (κ1) is 12.1. The van der Waals surface area contributed by atoms with Gasteiger partial charge in [0.25, 0.3) is 5.91 Å². The lowest BCUT2D eigenvalue weighted by atomic mass is 9.92. The summed E-state index contributed by atoms with van der Waals surface area (Å²) in [7, 11) is 1.81. The summed E-state index contributed by atoms with van der Waals surface area (Å²) in [5, 5.41) is 7.30. The van der Waals surface area contributed by atoms with Gasteiger partial charge in [-0.05, 0) is 37.7 Å². The Kier molecular flexibility index (Phi) is 2.98. The van der Waals surface area contributed by atoms with Gasteiger partial charge in [-0.15, -0.1) is 0 Å². The van der Waals surface area contributed by atoms with Crippen LogP contribution in [0.4, 0.5) is 0 Å². The van der Waals surface area contributed by atoms with E-state index < -0.39 is 0 Å². The van der Waals surface area contributed by atoms with Crippen LogP contribution in [0.5, 0.6) is 0 Å². The van der Waals surface area contributed by atoms with E-state index in [0.717, 1.165) is 18.5 Å². The molecule has 0 radical (unpaired) electrons. The Balaban J connectivity index is 2.01. The summed E-state index contributed by atoms with van der Waals surface area (Å²) in [6.45, 7) is 6.41. The molecule has 0 spiro atoms. The zero-order valence-corrected chi connectivity index (χ0v) is 11.1. The maximum Gasteiger partial charge on any atom is 0.269 e. The van der Waals surface area contributed by atoms with Crippen LogP contribution in [-0.4, -0.2) is 21.7 Å². The maximum atomic E-state index is 12.1. The van der Waals surface area contributed by atoms with Gasteiger partial charge in [-0.2, -0.15) is 5.10 Å². The fourth-order valence-corrected chi connectivity index (χ4v) is 2.64. The molecule has 1 N–H and O–H groups in total. The summed E-state index contributed by atoms with van der Waals surface area (Å²) in [6.07, 6.45) is 3.33. The van der Waals surface area contributed by atoms with Gasteiger partial charge in [-0.25, -0.2) is 0 Å².